The Bertz CT molecular complexity index is 1260. The minimum Gasteiger partial charge on any atom is -0.490 e. The van der Waals surface area contributed by atoms with E-state index >= 15 is 0 Å². The number of ether oxygens (including phenoxy) is 2. The fourth-order valence-corrected chi connectivity index (χ4v) is 4.16. The van der Waals surface area contributed by atoms with Gasteiger partial charge in [0.25, 0.3) is 15.9 Å². The molecule has 0 spiro atoms. The molecular weight excluding hydrogens is 435 g/mol. The molecule has 0 aliphatic carbocycles. The van der Waals surface area contributed by atoms with Crippen molar-refractivity contribution in [2.24, 2.45) is 0 Å². The van der Waals surface area contributed by atoms with E-state index in [4.69, 9.17) is 9.47 Å². The van der Waals surface area contributed by atoms with Gasteiger partial charge in [-0.1, -0.05) is 6.07 Å². The molecular formula is C23H21FN2O5S. The van der Waals surface area contributed by atoms with Gasteiger partial charge in [-0.25, -0.2) is 12.8 Å². The van der Waals surface area contributed by atoms with Crippen LogP contribution in [0.3, 0.4) is 0 Å². The lowest BCUT2D eigenvalue weighted by atomic mass is 10.1. The summed E-state index contributed by atoms with van der Waals surface area (Å²) in [4.78, 5) is 12.4. The normalized spacial score (nSPS) is 13.2. The molecule has 0 saturated carbocycles. The molecule has 0 saturated heterocycles. The van der Waals surface area contributed by atoms with Crippen molar-refractivity contribution in [3.63, 3.8) is 0 Å². The molecule has 0 aromatic heterocycles. The standard InChI is InChI=1S/C23H21FN2O5S/c1-15-3-6-18(13-20(15)24)25-23(27)16-4-7-17(8-5-16)26-32(28,29)19-9-10-21-22(14-19)31-12-2-11-30-21/h3-10,13-14,26H,2,11-12H2,1H3,(H,25,27). The topological polar surface area (TPSA) is 93.7 Å². The Kier molecular flexibility index (Phi) is 6.00. The van der Waals surface area contributed by atoms with Crippen molar-refractivity contribution in [3.05, 3.63) is 77.6 Å². The Balaban J connectivity index is 1.46. The number of hydrogen-bond acceptors (Lipinski definition) is 5. The number of carbonyl (C=O) groups is 1. The largest absolute Gasteiger partial charge is 0.490 e. The van der Waals surface area contributed by atoms with Gasteiger partial charge in [-0.3, -0.25) is 9.52 Å². The molecule has 1 aliphatic rings. The molecule has 0 unspecified atom stereocenters. The molecule has 166 valence electrons. The van der Waals surface area contributed by atoms with Crippen LogP contribution in [0.4, 0.5) is 15.8 Å². The summed E-state index contributed by atoms with van der Waals surface area (Å²) >= 11 is 0. The van der Waals surface area contributed by atoms with Crippen LogP contribution in [0, 0.1) is 12.7 Å². The lowest BCUT2D eigenvalue weighted by molar-refractivity contribution is 0.102. The number of sulfonamides is 1. The minimum absolute atomic E-state index is 0.0324. The van der Waals surface area contributed by atoms with Gasteiger partial charge in [0.2, 0.25) is 0 Å². The third kappa shape index (κ3) is 4.83. The first-order valence-corrected chi connectivity index (χ1v) is 11.4. The highest BCUT2D eigenvalue weighted by Crippen LogP contribution is 2.32. The number of halogens is 1. The van der Waals surface area contributed by atoms with E-state index in [2.05, 4.69) is 10.0 Å². The molecule has 3 aromatic carbocycles. The molecule has 9 heteroatoms. The zero-order valence-corrected chi connectivity index (χ0v) is 18.0. The molecule has 32 heavy (non-hydrogen) atoms. The summed E-state index contributed by atoms with van der Waals surface area (Å²) in [6, 6.07) is 14.8. The molecule has 0 atom stereocenters. The first-order valence-electron chi connectivity index (χ1n) is 9.92. The third-order valence-electron chi connectivity index (χ3n) is 4.86. The number of amides is 1. The summed E-state index contributed by atoms with van der Waals surface area (Å²) in [7, 11) is -3.88. The van der Waals surface area contributed by atoms with Crippen molar-refractivity contribution in [2.75, 3.05) is 23.3 Å². The third-order valence-corrected chi connectivity index (χ3v) is 6.24. The second-order valence-electron chi connectivity index (χ2n) is 7.26. The van der Waals surface area contributed by atoms with Crippen LogP contribution in [-0.4, -0.2) is 27.5 Å². The Morgan fingerprint density at radius 1 is 0.906 bits per heavy atom. The van der Waals surface area contributed by atoms with Crippen LogP contribution in [0.5, 0.6) is 11.5 Å². The summed E-state index contributed by atoms with van der Waals surface area (Å²) in [5.41, 5.74) is 1.39. The predicted molar refractivity (Wildman–Crippen MR) is 118 cm³/mol. The summed E-state index contributed by atoms with van der Waals surface area (Å²) in [5.74, 6) is 0.0306. The van der Waals surface area contributed by atoms with Crippen LogP contribution >= 0.6 is 0 Å². The maximum atomic E-state index is 13.7. The van der Waals surface area contributed by atoms with Crippen LogP contribution in [0.1, 0.15) is 22.3 Å². The Morgan fingerprint density at radius 2 is 1.59 bits per heavy atom. The van der Waals surface area contributed by atoms with E-state index in [9.17, 15) is 17.6 Å². The molecule has 0 fully saturated rings. The van der Waals surface area contributed by atoms with Gasteiger partial charge >= 0.3 is 0 Å². The van der Waals surface area contributed by atoms with Crippen LogP contribution in [0.2, 0.25) is 0 Å². The van der Waals surface area contributed by atoms with Gasteiger partial charge in [-0.05, 0) is 61.0 Å². The van der Waals surface area contributed by atoms with Gasteiger partial charge in [0.15, 0.2) is 11.5 Å². The molecule has 1 amide bonds. The van der Waals surface area contributed by atoms with Crippen molar-refractivity contribution in [2.45, 2.75) is 18.2 Å². The zero-order valence-electron chi connectivity index (χ0n) is 17.2. The average Bonchev–Trinajstić information content (AvgIpc) is 3.01. The number of aryl methyl sites for hydroxylation is 1. The van der Waals surface area contributed by atoms with Crippen LogP contribution in [-0.2, 0) is 10.0 Å². The Hall–Kier alpha value is -3.59. The quantitative estimate of drug-likeness (QED) is 0.595. The van der Waals surface area contributed by atoms with E-state index in [-0.39, 0.29) is 10.6 Å². The lowest BCUT2D eigenvalue weighted by Gasteiger charge is -2.12. The van der Waals surface area contributed by atoms with E-state index < -0.39 is 21.7 Å². The first-order chi connectivity index (χ1) is 15.3. The van der Waals surface area contributed by atoms with Gasteiger partial charge in [0.1, 0.15) is 5.82 Å². The Labute approximate surface area is 185 Å². The zero-order chi connectivity index (χ0) is 22.7. The van der Waals surface area contributed by atoms with E-state index in [1.54, 1.807) is 25.1 Å². The second-order valence-corrected chi connectivity index (χ2v) is 8.94. The highest BCUT2D eigenvalue weighted by atomic mass is 32.2. The second kappa shape index (κ2) is 8.88. The summed E-state index contributed by atoms with van der Waals surface area (Å²) in [6.07, 6.45) is 0.716. The molecule has 3 aromatic rings. The van der Waals surface area contributed by atoms with Crippen LogP contribution < -0.4 is 19.5 Å². The summed E-state index contributed by atoms with van der Waals surface area (Å²) < 4.78 is 52.8. The van der Waals surface area contributed by atoms with E-state index in [1.807, 2.05) is 0 Å². The number of rotatable bonds is 5. The maximum Gasteiger partial charge on any atom is 0.262 e. The SMILES string of the molecule is Cc1ccc(NC(=O)c2ccc(NS(=O)(=O)c3ccc4c(c3)OCCCO4)cc2)cc1F. The fourth-order valence-electron chi connectivity index (χ4n) is 3.09. The van der Waals surface area contributed by atoms with Crippen molar-refractivity contribution < 1.29 is 27.1 Å². The predicted octanol–water partition coefficient (Wildman–Crippen LogP) is 4.35. The van der Waals surface area contributed by atoms with Crippen LogP contribution in [0.15, 0.2) is 65.6 Å². The Morgan fingerprint density at radius 3 is 2.31 bits per heavy atom. The fraction of sp³-hybridized carbons (Fsp3) is 0.174. The highest BCUT2D eigenvalue weighted by Gasteiger charge is 2.19. The first kappa shape index (κ1) is 21.6. The minimum atomic E-state index is -3.88. The number of hydrogen-bond donors (Lipinski definition) is 2. The van der Waals surface area contributed by atoms with Gasteiger partial charge in [0, 0.05) is 29.4 Å². The van der Waals surface area contributed by atoms with E-state index in [0.29, 0.717) is 47.9 Å². The number of anilines is 2. The van der Waals surface area contributed by atoms with Gasteiger partial charge in [-0.2, -0.15) is 0 Å². The molecule has 4 rings (SSSR count). The number of fused-ring (bicyclic) bond motifs is 1. The molecule has 1 heterocycles. The lowest BCUT2D eigenvalue weighted by Crippen LogP contribution is -2.14. The monoisotopic (exact) mass is 456 g/mol. The average molecular weight is 456 g/mol. The van der Waals surface area contributed by atoms with Crippen molar-refractivity contribution in [3.8, 4) is 11.5 Å². The van der Waals surface area contributed by atoms with Crippen molar-refractivity contribution >= 4 is 27.3 Å². The maximum absolute atomic E-state index is 13.7. The van der Waals surface area contributed by atoms with Gasteiger partial charge in [0.05, 0.1) is 18.1 Å². The van der Waals surface area contributed by atoms with Gasteiger partial charge < -0.3 is 14.8 Å². The molecule has 0 bridgehead atoms. The van der Waals surface area contributed by atoms with Crippen molar-refractivity contribution in [1.82, 2.24) is 0 Å². The number of carbonyl (C=O) groups excluding carboxylic acids is 1. The number of benzene rings is 3. The van der Waals surface area contributed by atoms with E-state index in [0.717, 1.165) is 0 Å². The number of nitrogens with one attached hydrogen (secondary N) is 2. The van der Waals surface area contributed by atoms with Crippen LogP contribution in [0.25, 0.3) is 0 Å². The summed E-state index contributed by atoms with van der Waals surface area (Å²) in [6.45, 7) is 2.59. The summed E-state index contributed by atoms with van der Waals surface area (Å²) in [5, 5.41) is 2.61. The highest BCUT2D eigenvalue weighted by molar-refractivity contribution is 7.92. The molecule has 0 radical (unpaired) electrons. The van der Waals surface area contributed by atoms with E-state index in [1.165, 1.54) is 42.5 Å². The molecule has 7 nitrogen and oxygen atoms in total. The van der Waals surface area contributed by atoms with Crippen molar-refractivity contribution in [1.29, 1.82) is 0 Å². The molecule has 1 aliphatic heterocycles. The molecule has 2 N–H and O–H groups in total. The van der Waals surface area contributed by atoms with Gasteiger partial charge in [-0.15, -0.1) is 0 Å². The smallest absolute Gasteiger partial charge is 0.262 e.